The molecule has 0 saturated heterocycles. The molecule has 0 rings (SSSR count). The normalized spacial score (nSPS) is 14.9. The minimum Gasteiger partial charge on any atom is -0.360 e. The molecule has 6 heteroatoms. The Morgan fingerprint density at radius 3 is 2.00 bits per heavy atom. The van der Waals surface area contributed by atoms with Crippen LogP contribution in [0.3, 0.4) is 0 Å². The van der Waals surface area contributed by atoms with Crippen molar-refractivity contribution < 1.29 is 9.42 Å². The van der Waals surface area contributed by atoms with Gasteiger partial charge in [0, 0.05) is 26.6 Å². The van der Waals surface area contributed by atoms with Gasteiger partial charge in [-0.2, -0.15) is 4.76 Å². The molecule has 132 valence electrons. The summed E-state index contributed by atoms with van der Waals surface area (Å²) in [6, 6.07) is 0. The van der Waals surface area contributed by atoms with E-state index in [1.807, 2.05) is 0 Å². The largest absolute Gasteiger partial charge is 0.360 e. The fourth-order valence-corrected chi connectivity index (χ4v) is 3.12. The predicted molar refractivity (Wildman–Crippen MR) is 101 cm³/mol. The van der Waals surface area contributed by atoms with Crippen LogP contribution in [0, 0.1) is 0 Å². The third-order valence-electron chi connectivity index (χ3n) is 3.66. The molecular weight excluding hydrogens is 315 g/mol. The number of hydrogen-bond acceptors (Lipinski definition) is 2. The van der Waals surface area contributed by atoms with E-state index in [0.717, 1.165) is 57.5 Å². The topological polar surface area (TPSA) is 45.1 Å². The number of unbranched alkanes of at least 4 members (excludes halogenated alkanes) is 5. The van der Waals surface area contributed by atoms with E-state index >= 15 is 0 Å². The molecule has 0 aromatic rings. The summed E-state index contributed by atoms with van der Waals surface area (Å²) in [5.74, 6) is 0.950. The van der Waals surface area contributed by atoms with Crippen LogP contribution in [-0.4, -0.2) is 35.8 Å². The Bertz CT molecular complexity index is 343. The van der Waals surface area contributed by atoms with E-state index in [0.29, 0.717) is 0 Å². The Hall–Kier alpha value is 0.0400. The van der Waals surface area contributed by atoms with Crippen LogP contribution in [0.25, 0.3) is 0 Å². The zero-order valence-corrected chi connectivity index (χ0v) is 16.6. The van der Waals surface area contributed by atoms with Crippen molar-refractivity contribution in [1.29, 1.82) is 0 Å². The maximum atomic E-state index is 10.1. The predicted octanol–water partition coefficient (Wildman–Crippen LogP) is 5.12. The van der Waals surface area contributed by atoms with Crippen LogP contribution in [-0.2, 0) is 16.3 Å². The quantitative estimate of drug-likeness (QED) is 0.217. The van der Waals surface area contributed by atoms with Crippen molar-refractivity contribution in [1.82, 2.24) is 4.90 Å². The summed E-state index contributed by atoms with van der Waals surface area (Å²) >= 11 is 5.10. The number of hydrogen-bond donors (Lipinski definition) is 1. The average molecular weight is 351 g/mol. The number of nitrogens with zero attached hydrogens (tertiary/aromatic N) is 2. The van der Waals surface area contributed by atoms with Crippen molar-refractivity contribution in [3.63, 3.8) is 0 Å². The van der Waals surface area contributed by atoms with Gasteiger partial charge in [-0.1, -0.05) is 52.9 Å². The first kappa shape index (κ1) is 22.0. The minimum absolute atomic E-state index is 0.885. The summed E-state index contributed by atoms with van der Waals surface area (Å²) in [4.78, 5) is 12.4. The van der Waals surface area contributed by atoms with Crippen LogP contribution in [0.15, 0.2) is 4.76 Å². The first-order valence-corrected chi connectivity index (χ1v) is 11.4. The average Bonchev–Trinajstić information content (AvgIpc) is 2.50. The van der Waals surface area contributed by atoms with Gasteiger partial charge in [0.25, 0.3) is 0 Å². The lowest BCUT2D eigenvalue weighted by atomic mass is 10.1. The Balaban J connectivity index is 4.97. The highest BCUT2D eigenvalue weighted by Crippen LogP contribution is 2.43. The third-order valence-corrected chi connectivity index (χ3v) is 5.31. The fraction of sp³-hybridized carbons (Fsp3) is 0.938. The molecule has 22 heavy (non-hydrogen) atoms. The molecule has 0 saturated carbocycles. The molecule has 0 radical (unpaired) electrons. The smallest absolute Gasteiger partial charge is 0.307 e. The van der Waals surface area contributed by atoms with Gasteiger partial charge in [-0.15, -0.1) is 0 Å². The lowest BCUT2D eigenvalue weighted by Gasteiger charge is -2.27. The molecule has 0 aliphatic rings. The number of amidine groups is 1. The highest BCUT2D eigenvalue weighted by molar-refractivity contribution is 8.08. The van der Waals surface area contributed by atoms with Crippen LogP contribution in [0.2, 0.25) is 0 Å². The van der Waals surface area contributed by atoms with Crippen LogP contribution in [0.5, 0.6) is 0 Å². The van der Waals surface area contributed by atoms with Crippen molar-refractivity contribution in [3.8, 4) is 0 Å². The van der Waals surface area contributed by atoms with Gasteiger partial charge in [0.1, 0.15) is 5.84 Å². The van der Waals surface area contributed by atoms with Gasteiger partial charge in [-0.25, -0.2) is 0 Å². The standard InChI is InChI=1S/C16H35N2O2PS/c1-5-8-11-12-13-16(17-21(19,22)20-4)18(14-9-6-2)15-10-7-3/h5-15H2,1-4H3,(H,19,22). The van der Waals surface area contributed by atoms with Crippen molar-refractivity contribution in [3.05, 3.63) is 0 Å². The zero-order chi connectivity index (χ0) is 16.8. The van der Waals surface area contributed by atoms with Gasteiger partial charge in [0.15, 0.2) is 0 Å². The molecule has 0 amide bonds. The summed E-state index contributed by atoms with van der Waals surface area (Å²) in [5.41, 5.74) is 0. The van der Waals surface area contributed by atoms with Crippen molar-refractivity contribution in [2.24, 2.45) is 4.76 Å². The van der Waals surface area contributed by atoms with Gasteiger partial charge in [-0.3, -0.25) is 0 Å². The van der Waals surface area contributed by atoms with Gasteiger partial charge < -0.3 is 14.3 Å². The molecule has 1 atom stereocenters. The summed E-state index contributed by atoms with van der Waals surface area (Å²) in [7, 11) is 1.45. The van der Waals surface area contributed by atoms with Crippen LogP contribution < -0.4 is 0 Å². The first-order chi connectivity index (χ1) is 10.5. The van der Waals surface area contributed by atoms with E-state index in [1.54, 1.807) is 0 Å². The molecule has 0 fully saturated rings. The zero-order valence-electron chi connectivity index (χ0n) is 14.9. The monoisotopic (exact) mass is 350 g/mol. The maximum Gasteiger partial charge on any atom is 0.307 e. The van der Waals surface area contributed by atoms with E-state index in [2.05, 4.69) is 30.4 Å². The Kier molecular flexibility index (Phi) is 13.5. The van der Waals surface area contributed by atoms with Gasteiger partial charge in [0.05, 0.1) is 0 Å². The van der Waals surface area contributed by atoms with E-state index < -0.39 is 6.64 Å². The van der Waals surface area contributed by atoms with Crippen LogP contribution in [0.1, 0.15) is 78.6 Å². The van der Waals surface area contributed by atoms with E-state index in [4.69, 9.17) is 16.3 Å². The SMILES string of the molecule is CCCCCCC(=NP(O)(=S)OC)N(CCCC)CCCC. The highest BCUT2D eigenvalue weighted by atomic mass is 32.5. The van der Waals surface area contributed by atoms with Crippen LogP contribution in [0.4, 0.5) is 0 Å². The maximum absolute atomic E-state index is 10.1. The highest BCUT2D eigenvalue weighted by Gasteiger charge is 2.16. The molecule has 0 aromatic carbocycles. The summed E-state index contributed by atoms with van der Waals surface area (Å²) < 4.78 is 9.45. The second-order valence-electron chi connectivity index (χ2n) is 5.69. The Morgan fingerprint density at radius 1 is 1.00 bits per heavy atom. The summed E-state index contributed by atoms with van der Waals surface area (Å²) in [6.07, 6.45) is 10.2. The van der Waals surface area contributed by atoms with E-state index in [-0.39, 0.29) is 0 Å². The van der Waals surface area contributed by atoms with Gasteiger partial charge in [-0.05, 0) is 31.1 Å². The molecule has 0 bridgehead atoms. The second kappa shape index (κ2) is 13.5. The van der Waals surface area contributed by atoms with Crippen LogP contribution >= 0.6 is 6.64 Å². The van der Waals surface area contributed by atoms with Gasteiger partial charge in [0.2, 0.25) is 0 Å². The molecule has 0 aliphatic carbocycles. The molecule has 1 N–H and O–H groups in total. The van der Waals surface area contributed by atoms with Crippen molar-refractivity contribution in [2.45, 2.75) is 78.6 Å². The molecular formula is C16H35N2O2PS. The van der Waals surface area contributed by atoms with E-state index in [1.165, 1.54) is 26.4 Å². The Morgan fingerprint density at radius 2 is 1.55 bits per heavy atom. The summed E-state index contributed by atoms with van der Waals surface area (Å²) in [5, 5.41) is 0. The molecule has 0 heterocycles. The molecule has 0 aliphatic heterocycles. The molecule has 0 spiro atoms. The lowest BCUT2D eigenvalue weighted by molar-refractivity contribution is 0.376. The Labute approximate surface area is 142 Å². The second-order valence-corrected chi connectivity index (χ2v) is 8.67. The fourth-order valence-electron chi connectivity index (χ4n) is 2.24. The molecule has 0 aromatic heterocycles. The van der Waals surface area contributed by atoms with E-state index in [9.17, 15) is 4.89 Å². The van der Waals surface area contributed by atoms with Crippen molar-refractivity contribution >= 4 is 24.3 Å². The minimum atomic E-state index is -3.02. The third kappa shape index (κ3) is 10.7. The first-order valence-electron chi connectivity index (χ1n) is 8.73. The van der Waals surface area contributed by atoms with Crippen molar-refractivity contribution in [2.75, 3.05) is 20.2 Å². The molecule has 1 unspecified atom stereocenters. The lowest BCUT2D eigenvalue weighted by Crippen LogP contribution is -2.33. The number of rotatable bonds is 13. The molecule has 4 nitrogen and oxygen atoms in total. The van der Waals surface area contributed by atoms with Gasteiger partial charge >= 0.3 is 6.64 Å². The summed E-state index contributed by atoms with van der Waals surface area (Å²) in [6.45, 7) is 5.56.